The second kappa shape index (κ2) is 8.28. The van der Waals surface area contributed by atoms with Gasteiger partial charge in [0.1, 0.15) is 0 Å². The lowest BCUT2D eigenvalue weighted by Crippen LogP contribution is -2.32. The molecule has 1 saturated heterocycles. The Morgan fingerprint density at radius 3 is 1.50 bits per heavy atom. The first-order chi connectivity index (χ1) is 12.9. The molecule has 3 heteroatoms. The Morgan fingerprint density at radius 2 is 1.00 bits per heavy atom. The van der Waals surface area contributed by atoms with Gasteiger partial charge in [0.25, 0.3) is 0 Å². The molecular weight excluding hydrogens is 324 g/mol. The van der Waals surface area contributed by atoms with E-state index in [9.17, 15) is 0 Å². The van der Waals surface area contributed by atoms with E-state index < -0.39 is 12.6 Å². The molecule has 132 valence electrons. The molecule has 1 heterocycles. The number of aryl methyl sites for hydroxylation is 1. The molecule has 0 aromatic heterocycles. The van der Waals surface area contributed by atoms with Crippen LogP contribution in [-0.2, 0) is 20.6 Å². The van der Waals surface area contributed by atoms with Gasteiger partial charge >= 0.3 is 0 Å². The molecule has 1 aliphatic rings. The van der Waals surface area contributed by atoms with Crippen LogP contribution in [0, 0.1) is 0 Å². The number of ether oxygens (including phenoxy) is 3. The average molecular weight is 346 g/mol. The molecule has 3 nitrogen and oxygen atoms in total. The Bertz CT molecular complexity index is 742. The van der Waals surface area contributed by atoms with Crippen LogP contribution in [0.4, 0.5) is 0 Å². The Kier molecular flexibility index (Phi) is 5.41. The van der Waals surface area contributed by atoms with E-state index in [0.29, 0.717) is 0 Å². The SMILES string of the molecule is c1ccc(CCC2OC(c3ccccc3)OC(c3ccccc3)O2)cc1. The van der Waals surface area contributed by atoms with E-state index >= 15 is 0 Å². The van der Waals surface area contributed by atoms with Crippen molar-refractivity contribution in [2.45, 2.75) is 31.7 Å². The Morgan fingerprint density at radius 1 is 0.538 bits per heavy atom. The molecule has 1 aliphatic heterocycles. The van der Waals surface area contributed by atoms with Crippen molar-refractivity contribution in [2.75, 3.05) is 0 Å². The number of rotatable bonds is 5. The molecule has 0 bridgehead atoms. The van der Waals surface area contributed by atoms with Crippen LogP contribution in [0.2, 0.25) is 0 Å². The van der Waals surface area contributed by atoms with Crippen molar-refractivity contribution in [1.29, 1.82) is 0 Å². The first kappa shape index (κ1) is 17.0. The van der Waals surface area contributed by atoms with Crippen molar-refractivity contribution < 1.29 is 14.2 Å². The second-order valence-corrected chi connectivity index (χ2v) is 6.35. The van der Waals surface area contributed by atoms with Crippen molar-refractivity contribution in [3.63, 3.8) is 0 Å². The van der Waals surface area contributed by atoms with Crippen LogP contribution in [0.1, 0.15) is 35.7 Å². The fraction of sp³-hybridized carbons (Fsp3) is 0.217. The largest absolute Gasteiger partial charge is 0.319 e. The van der Waals surface area contributed by atoms with Crippen LogP contribution in [-0.4, -0.2) is 6.29 Å². The zero-order chi connectivity index (χ0) is 17.6. The summed E-state index contributed by atoms with van der Waals surface area (Å²) in [5, 5.41) is 0. The number of benzene rings is 3. The van der Waals surface area contributed by atoms with Crippen LogP contribution < -0.4 is 0 Å². The zero-order valence-electron chi connectivity index (χ0n) is 14.5. The lowest BCUT2D eigenvalue weighted by atomic mass is 10.1. The van der Waals surface area contributed by atoms with Crippen molar-refractivity contribution in [1.82, 2.24) is 0 Å². The van der Waals surface area contributed by atoms with Gasteiger partial charge in [-0.05, 0) is 12.0 Å². The molecule has 0 spiro atoms. The van der Waals surface area contributed by atoms with E-state index in [0.717, 1.165) is 24.0 Å². The van der Waals surface area contributed by atoms with Crippen LogP contribution in [0.25, 0.3) is 0 Å². The summed E-state index contributed by atoms with van der Waals surface area (Å²) in [6.45, 7) is 0. The van der Waals surface area contributed by atoms with Gasteiger partial charge in [-0.1, -0.05) is 91.0 Å². The zero-order valence-corrected chi connectivity index (χ0v) is 14.5. The van der Waals surface area contributed by atoms with Crippen LogP contribution in [0.3, 0.4) is 0 Å². The monoisotopic (exact) mass is 346 g/mol. The number of hydrogen-bond donors (Lipinski definition) is 0. The smallest absolute Gasteiger partial charge is 0.190 e. The summed E-state index contributed by atoms with van der Waals surface area (Å²) < 4.78 is 18.3. The predicted molar refractivity (Wildman–Crippen MR) is 100 cm³/mol. The summed E-state index contributed by atoms with van der Waals surface area (Å²) in [6.07, 6.45) is 0.486. The Labute approximate surface area is 154 Å². The summed E-state index contributed by atoms with van der Waals surface area (Å²) in [5.41, 5.74) is 3.28. The first-order valence-electron chi connectivity index (χ1n) is 8.99. The van der Waals surface area contributed by atoms with E-state index in [2.05, 4.69) is 24.3 Å². The van der Waals surface area contributed by atoms with Crippen LogP contribution >= 0.6 is 0 Å². The molecule has 3 aromatic carbocycles. The molecule has 2 atom stereocenters. The van der Waals surface area contributed by atoms with E-state index in [1.165, 1.54) is 5.56 Å². The van der Waals surface area contributed by atoms with Gasteiger partial charge in [0.2, 0.25) is 0 Å². The second-order valence-electron chi connectivity index (χ2n) is 6.35. The molecule has 0 N–H and O–H groups in total. The standard InChI is InChI=1S/C23H22O3/c1-4-10-18(11-5-1)16-17-21-24-22(19-12-6-2-7-13-19)26-23(25-21)20-14-8-3-9-15-20/h1-15,21-23H,16-17H2. The van der Waals surface area contributed by atoms with E-state index in [4.69, 9.17) is 14.2 Å². The summed E-state index contributed by atoms with van der Waals surface area (Å²) in [4.78, 5) is 0. The summed E-state index contributed by atoms with van der Waals surface area (Å²) in [6, 6.07) is 30.4. The fourth-order valence-electron chi connectivity index (χ4n) is 3.08. The molecule has 3 aromatic rings. The van der Waals surface area contributed by atoms with E-state index in [1.807, 2.05) is 66.7 Å². The molecule has 4 rings (SSSR count). The summed E-state index contributed by atoms with van der Waals surface area (Å²) in [7, 11) is 0. The van der Waals surface area contributed by atoms with Crippen LogP contribution in [0.15, 0.2) is 91.0 Å². The van der Waals surface area contributed by atoms with Gasteiger partial charge < -0.3 is 14.2 Å². The highest BCUT2D eigenvalue weighted by atomic mass is 16.9. The molecule has 26 heavy (non-hydrogen) atoms. The van der Waals surface area contributed by atoms with E-state index in [1.54, 1.807) is 0 Å². The minimum Gasteiger partial charge on any atom is -0.319 e. The molecule has 0 amide bonds. The molecule has 1 fully saturated rings. The summed E-state index contributed by atoms with van der Waals surface area (Å²) in [5.74, 6) is 0. The van der Waals surface area contributed by atoms with Gasteiger partial charge in [0.05, 0.1) is 0 Å². The van der Waals surface area contributed by atoms with Crippen LogP contribution in [0.5, 0.6) is 0 Å². The third-order valence-corrected chi connectivity index (χ3v) is 4.45. The molecule has 0 radical (unpaired) electrons. The highest BCUT2D eigenvalue weighted by molar-refractivity contribution is 5.19. The Hall–Kier alpha value is -2.46. The Balaban J connectivity index is 1.51. The van der Waals surface area contributed by atoms with Gasteiger partial charge in [0, 0.05) is 17.5 Å². The highest BCUT2D eigenvalue weighted by Crippen LogP contribution is 2.36. The number of hydrogen-bond acceptors (Lipinski definition) is 3. The van der Waals surface area contributed by atoms with Gasteiger partial charge in [-0.2, -0.15) is 0 Å². The highest BCUT2D eigenvalue weighted by Gasteiger charge is 2.32. The fourth-order valence-corrected chi connectivity index (χ4v) is 3.08. The summed E-state index contributed by atoms with van der Waals surface area (Å²) >= 11 is 0. The minimum absolute atomic E-state index is 0.320. The maximum atomic E-state index is 6.10. The molecule has 0 saturated carbocycles. The molecule has 0 aliphatic carbocycles. The lowest BCUT2D eigenvalue weighted by Gasteiger charge is -2.36. The topological polar surface area (TPSA) is 27.7 Å². The van der Waals surface area contributed by atoms with Crippen molar-refractivity contribution in [3.05, 3.63) is 108 Å². The third-order valence-electron chi connectivity index (χ3n) is 4.45. The molecule has 2 unspecified atom stereocenters. The van der Waals surface area contributed by atoms with Gasteiger partial charge in [-0.3, -0.25) is 0 Å². The third kappa shape index (κ3) is 4.20. The minimum atomic E-state index is -0.434. The van der Waals surface area contributed by atoms with Crippen molar-refractivity contribution in [3.8, 4) is 0 Å². The lowest BCUT2D eigenvalue weighted by molar-refractivity contribution is -0.393. The maximum Gasteiger partial charge on any atom is 0.190 e. The van der Waals surface area contributed by atoms with Gasteiger partial charge in [0.15, 0.2) is 18.9 Å². The first-order valence-corrected chi connectivity index (χ1v) is 8.99. The molecular formula is C23H22O3. The normalized spacial score (nSPS) is 22.8. The predicted octanol–water partition coefficient (Wildman–Crippen LogP) is 5.41. The van der Waals surface area contributed by atoms with E-state index in [-0.39, 0.29) is 6.29 Å². The van der Waals surface area contributed by atoms with Gasteiger partial charge in [-0.15, -0.1) is 0 Å². The van der Waals surface area contributed by atoms with Crippen molar-refractivity contribution >= 4 is 0 Å². The van der Waals surface area contributed by atoms with Gasteiger partial charge in [-0.25, -0.2) is 0 Å². The van der Waals surface area contributed by atoms with Crippen molar-refractivity contribution in [2.24, 2.45) is 0 Å². The maximum absolute atomic E-state index is 6.10. The quantitative estimate of drug-likeness (QED) is 0.618. The average Bonchev–Trinajstić information content (AvgIpc) is 2.74.